The lowest BCUT2D eigenvalue weighted by Crippen LogP contribution is -2.53. The van der Waals surface area contributed by atoms with E-state index in [0.29, 0.717) is 30.3 Å². The Morgan fingerprint density at radius 2 is 2.32 bits per heavy atom. The molecule has 1 saturated heterocycles. The van der Waals surface area contributed by atoms with E-state index in [0.717, 1.165) is 6.42 Å². The summed E-state index contributed by atoms with van der Waals surface area (Å²) in [6.45, 7) is 2.44. The molecule has 2 aliphatic heterocycles. The van der Waals surface area contributed by atoms with Crippen LogP contribution in [-0.2, 0) is 10.3 Å². The van der Waals surface area contributed by atoms with E-state index in [-0.39, 0.29) is 5.02 Å². The molecule has 2 heterocycles. The molecule has 0 radical (unpaired) electrons. The maximum atomic E-state index is 14.3. The van der Waals surface area contributed by atoms with Crippen molar-refractivity contribution in [2.45, 2.75) is 31.4 Å². The molecular weight excluding hydrogens is 271 g/mol. The number of piperidine rings is 1. The first-order chi connectivity index (χ1) is 9.02. The molecule has 0 aromatic heterocycles. The molecule has 1 amide bonds. The zero-order valence-electron chi connectivity index (χ0n) is 10.4. The van der Waals surface area contributed by atoms with Crippen molar-refractivity contribution in [3.8, 4) is 0 Å². The highest BCUT2D eigenvalue weighted by atomic mass is 35.5. The van der Waals surface area contributed by atoms with Gasteiger partial charge in [0.1, 0.15) is 0 Å². The Bertz CT molecular complexity index is 542. The highest BCUT2D eigenvalue weighted by Gasteiger charge is 2.46. The van der Waals surface area contributed by atoms with Gasteiger partial charge in [-0.05, 0) is 31.9 Å². The molecule has 0 bridgehead atoms. The first kappa shape index (κ1) is 12.7. The number of fused-ring (bicyclic) bond motifs is 2. The van der Waals surface area contributed by atoms with Crippen molar-refractivity contribution in [3.63, 3.8) is 0 Å². The van der Waals surface area contributed by atoms with Crippen LogP contribution in [0.4, 0.5) is 14.9 Å². The number of carbonyl (C=O) groups is 1. The molecule has 6 heteroatoms. The molecule has 102 valence electrons. The third-order valence-corrected chi connectivity index (χ3v) is 4.08. The van der Waals surface area contributed by atoms with Gasteiger partial charge in [0, 0.05) is 12.6 Å². The van der Waals surface area contributed by atoms with Crippen molar-refractivity contribution in [2.75, 3.05) is 11.9 Å². The predicted molar refractivity (Wildman–Crippen MR) is 69.9 cm³/mol. The highest BCUT2D eigenvalue weighted by molar-refractivity contribution is 6.31. The molecule has 1 spiro atoms. The molecule has 1 aromatic rings. The summed E-state index contributed by atoms with van der Waals surface area (Å²) in [7, 11) is 0. The minimum absolute atomic E-state index is 0.0384. The van der Waals surface area contributed by atoms with E-state index in [1.54, 1.807) is 6.07 Å². The largest absolute Gasteiger partial charge is 0.436 e. The van der Waals surface area contributed by atoms with Crippen LogP contribution in [0.15, 0.2) is 12.1 Å². The van der Waals surface area contributed by atoms with Gasteiger partial charge in [-0.1, -0.05) is 11.6 Å². The monoisotopic (exact) mass is 284 g/mol. The molecule has 1 unspecified atom stereocenters. The Balaban J connectivity index is 2.13. The zero-order valence-corrected chi connectivity index (χ0v) is 11.2. The molecule has 2 atom stereocenters. The van der Waals surface area contributed by atoms with Crippen molar-refractivity contribution < 1.29 is 13.9 Å². The molecule has 19 heavy (non-hydrogen) atoms. The maximum Gasteiger partial charge on any atom is 0.412 e. The molecule has 0 saturated carbocycles. The second-order valence-corrected chi connectivity index (χ2v) is 5.52. The number of hydrogen-bond donors (Lipinski definition) is 2. The SMILES string of the molecule is C[C@H]1CCC2(CN1)OC(=O)Nc1ccc(Cl)c(F)c12. The van der Waals surface area contributed by atoms with Gasteiger partial charge >= 0.3 is 6.09 Å². The van der Waals surface area contributed by atoms with E-state index >= 15 is 0 Å². The minimum atomic E-state index is -0.959. The minimum Gasteiger partial charge on any atom is -0.436 e. The molecule has 1 aromatic carbocycles. The number of rotatable bonds is 0. The van der Waals surface area contributed by atoms with Crippen LogP contribution in [0.2, 0.25) is 5.02 Å². The average Bonchev–Trinajstić information content (AvgIpc) is 2.37. The fourth-order valence-electron chi connectivity index (χ4n) is 2.74. The van der Waals surface area contributed by atoms with Crippen LogP contribution in [0.1, 0.15) is 25.3 Å². The lowest BCUT2D eigenvalue weighted by molar-refractivity contribution is -0.0165. The van der Waals surface area contributed by atoms with Gasteiger partial charge in [-0.25, -0.2) is 9.18 Å². The summed E-state index contributed by atoms with van der Waals surface area (Å²) in [6.07, 6.45) is 0.836. The predicted octanol–water partition coefficient (Wildman–Crippen LogP) is 3.01. The average molecular weight is 285 g/mol. The van der Waals surface area contributed by atoms with Gasteiger partial charge in [-0.2, -0.15) is 0 Å². The third-order valence-electron chi connectivity index (χ3n) is 3.79. The van der Waals surface area contributed by atoms with Crippen LogP contribution in [0.5, 0.6) is 0 Å². The number of hydrogen-bond acceptors (Lipinski definition) is 3. The van der Waals surface area contributed by atoms with Gasteiger partial charge in [0.05, 0.1) is 16.3 Å². The van der Waals surface area contributed by atoms with Crippen molar-refractivity contribution in [1.29, 1.82) is 0 Å². The van der Waals surface area contributed by atoms with Crippen LogP contribution < -0.4 is 10.6 Å². The van der Waals surface area contributed by atoms with E-state index in [2.05, 4.69) is 10.6 Å². The quantitative estimate of drug-likeness (QED) is 0.770. The number of benzene rings is 1. The van der Waals surface area contributed by atoms with Gasteiger partial charge in [0.25, 0.3) is 0 Å². The second-order valence-electron chi connectivity index (χ2n) is 5.11. The Morgan fingerprint density at radius 1 is 1.53 bits per heavy atom. The topological polar surface area (TPSA) is 50.4 Å². The van der Waals surface area contributed by atoms with Gasteiger partial charge in [0.2, 0.25) is 0 Å². The standard InChI is InChI=1S/C13H14ClFN2O2/c1-7-4-5-13(6-16-7)10-9(17-12(18)19-13)3-2-8(14)11(10)15/h2-3,7,16H,4-6H2,1H3,(H,17,18)/t7-,13?/m0/s1. The van der Waals surface area contributed by atoms with E-state index in [9.17, 15) is 9.18 Å². The number of carbonyl (C=O) groups excluding carboxylic acids is 1. The second kappa shape index (κ2) is 4.35. The van der Waals surface area contributed by atoms with Crippen molar-refractivity contribution in [3.05, 3.63) is 28.5 Å². The van der Waals surface area contributed by atoms with Gasteiger partial charge < -0.3 is 10.1 Å². The van der Waals surface area contributed by atoms with Crippen molar-refractivity contribution >= 4 is 23.4 Å². The first-order valence-corrected chi connectivity index (χ1v) is 6.61. The van der Waals surface area contributed by atoms with Crippen LogP contribution in [0.3, 0.4) is 0 Å². The molecule has 2 N–H and O–H groups in total. The van der Waals surface area contributed by atoms with E-state index in [4.69, 9.17) is 16.3 Å². The Labute approximate surface area is 115 Å². The number of halogens is 2. The summed E-state index contributed by atoms with van der Waals surface area (Å²) in [6, 6.07) is 3.37. The third kappa shape index (κ3) is 1.97. The van der Waals surface area contributed by atoms with E-state index in [1.165, 1.54) is 6.07 Å². The molecule has 2 aliphatic rings. The molecule has 3 rings (SSSR count). The molecular formula is C13H14ClFN2O2. The van der Waals surface area contributed by atoms with Crippen LogP contribution in [0, 0.1) is 5.82 Å². The van der Waals surface area contributed by atoms with Gasteiger partial charge in [-0.15, -0.1) is 0 Å². The van der Waals surface area contributed by atoms with Gasteiger partial charge in [0.15, 0.2) is 11.4 Å². The number of anilines is 1. The number of nitrogens with one attached hydrogen (secondary N) is 2. The summed E-state index contributed by atoms with van der Waals surface area (Å²) >= 11 is 5.85. The summed E-state index contributed by atoms with van der Waals surface area (Å²) in [5.41, 5.74) is -0.174. The number of amides is 1. The Hall–Kier alpha value is -1.33. The summed E-state index contributed by atoms with van der Waals surface area (Å²) in [4.78, 5) is 11.7. The molecule has 1 fully saturated rings. The van der Waals surface area contributed by atoms with Crippen molar-refractivity contribution in [2.24, 2.45) is 0 Å². The fourth-order valence-corrected chi connectivity index (χ4v) is 2.90. The van der Waals surface area contributed by atoms with Crippen LogP contribution in [-0.4, -0.2) is 18.7 Å². The lowest BCUT2D eigenvalue weighted by atomic mass is 9.82. The van der Waals surface area contributed by atoms with E-state index in [1.807, 2.05) is 6.92 Å². The molecule has 0 aliphatic carbocycles. The molecule has 4 nitrogen and oxygen atoms in total. The maximum absolute atomic E-state index is 14.3. The summed E-state index contributed by atoms with van der Waals surface area (Å²) in [5, 5.41) is 5.80. The van der Waals surface area contributed by atoms with E-state index < -0.39 is 17.5 Å². The fraction of sp³-hybridized carbons (Fsp3) is 0.462. The lowest BCUT2D eigenvalue weighted by Gasteiger charge is -2.43. The zero-order chi connectivity index (χ0) is 13.6. The highest BCUT2D eigenvalue weighted by Crippen LogP contribution is 2.44. The number of ether oxygens (including phenoxy) is 1. The van der Waals surface area contributed by atoms with Crippen LogP contribution in [0.25, 0.3) is 0 Å². The normalized spacial score (nSPS) is 29.6. The summed E-state index contributed by atoms with van der Waals surface area (Å²) < 4.78 is 19.8. The Morgan fingerprint density at radius 3 is 3.00 bits per heavy atom. The Kier molecular flexibility index (Phi) is 2.91. The van der Waals surface area contributed by atoms with Crippen LogP contribution >= 0.6 is 11.6 Å². The van der Waals surface area contributed by atoms with Crippen molar-refractivity contribution in [1.82, 2.24) is 5.32 Å². The smallest absolute Gasteiger partial charge is 0.412 e. The van der Waals surface area contributed by atoms with Gasteiger partial charge in [-0.3, -0.25) is 5.32 Å². The first-order valence-electron chi connectivity index (χ1n) is 6.24. The summed E-state index contributed by atoms with van der Waals surface area (Å²) in [5.74, 6) is -0.518.